The maximum Gasteiger partial charge on any atom is 0.264 e. The molecular weight excluding hydrogens is 428 g/mol. The van der Waals surface area contributed by atoms with Gasteiger partial charge in [0.15, 0.2) is 6.10 Å². The smallest absolute Gasteiger partial charge is 0.264 e. The zero-order valence-electron chi connectivity index (χ0n) is 16.9. The fourth-order valence-electron chi connectivity index (χ4n) is 3.02. The number of sulfonamides is 1. The van der Waals surface area contributed by atoms with Crippen molar-refractivity contribution in [3.05, 3.63) is 53.6 Å². The van der Waals surface area contributed by atoms with Gasteiger partial charge in [0.1, 0.15) is 5.75 Å². The summed E-state index contributed by atoms with van der Waals surface area (Å²) in [4.78, 5) is 12.7. The van der Waals surface area contributed by atoms with E-state index in [1.54, 1.807) is 24.3 Å². The fourth-order valence-corrected chi connectivity index (χ4v) is 4.62. The molecule has 0 spiro atoms. The summed E-state index contributed by atoms with van der Waals surface area (Å²) in [6, 6.07) is 12.7. The van der Waals surface area contributed by atoms with Crippen molar-refractivity contribution in [3.63, 3.8) is 0 Å². The first-order chi connectivity index (χ1) is 14.3. The highest BCUT2D eigenvalue weighted by molar-refractivity contribution is 7.92. The van der Waals surface area contributed by atoms with E-state index < -0.39 is 16.1 Å². The number of rotatable bonds is 8. The van der Waals surface area contributed by atoms with E-state index in [2.05, 4.69) is 5.32 Å². The molecule has 0 saturated heterocycles. The van der Waals surface area contributed by atoms with Crippen molar-refractivity contribution in [3.8, 4) is 5.75 Å². The van der Waals surface area contributed by atoms with E-state index in [0.717, 1.165) is 0 Å². The van der Waals surface area contributed by atoms with Crippen LogP contribution in [0.4, 0.5) is 5.69 Å². The Balaban J connectivity index is 1.77. The third kappa shape index (κ3) is 5.24. The van der Waals surface area contributed by atoms with Gasteiger partial charge in [0.25, 0.3) is 15.9 Å². The van der Waals surface area contributed by atoms with Crippen LogP contribution in [0.1, 0.15) is 20.3 Å². The van der Waals surface area contributed by atoms with Gasteiger partial charge in [0.2, 0.25) is 0 Å². The SMILES string of the molecule is CC(C)OCCCNC(=O)[C@@H]1CN(S(=O)(=O)c2ccc(Cl)cc2)c2ccccc2O1. The lowest BCUT2D eigenvalue weighted by atomic mass is 10.2. The maximum absolute atomic E-state index is 13.3. The molecule has 162 valence electrons. The molecule has 0 aliphatic carbocycles. The molecule has 2 aromatic rings. The van der Waals surface area contributed by atoms with Gasteiger partial charge in [-0.3, -0.25) is 9.10 Å². The zero-order chi connectivity index (χ0) is 21.7. The van der Waals surface area contributed by atoms with E-state index in [1.807, 2.05) is 13.8 Å². The molecule has 0 radical (unpaired) electrons. The molecule has 1 amide bonds. The zero-order valence-corrected chi connectivity index (χ0v) is 18.4. The summed E-state index contributed by atoms with van der Waals surface area (Å²) in [6.07, 6.45) is -0.182. The molecule has 1 heterocycles. The third-order valence-electron chi connectivity index (χ3n) is 4.50. The van der Waals surface area contributed by atoms with Crippen LogP contribution in [0.2, 0.25) is 5.02 Å². The van der Waals surface area contributed by atoms with Gasteiger partial charge < -0.3 is 14.8 Å². The average molecular weight is 453 g/mol. The molecule has 0 saturated carbocycles. The number of carbonyl (C=O) groups is 1. The van der Waals surface area contributed by atoms with Gasteiger partial charge in [-0.05, 0) is 56.7 Å². The number of amides is 1. The van der Waals surface area contributed by atoms with E-state index in [4.69, 9.17) is 21.1 Å². The van der Waals surface area contributed by atoms with Crippen LogP contribution in [0.3, 0.4) is 0 Å². The van der Waals surface area contributed by atoms with Gasteiger partial charge in [-0.1, -0.05) is 23.7 Å². The van der Waals surface area contributed by atoms with Crippen molar-refractivity contribution in [1.29, 1.82) is 0 Å². The number of para-hydroxylation sites is 2. The largest absolute Gasteiger partial charge is 0.476 e. The number of benzene rings is 2. The standard InChI is InChI=1S/C21H25ClN2O5S/c1-15(2)28-13-5-12-23-21(25)20-14-24(18-6-3-4-7-19(18)29-20)30(26,27)17-10-8-16(22)9-11-17/h3-4,6-11,15,20H,5,12-14H2,1-2H3,(H,23,25)/t20-/m0/s1. The van der Waals surface area contributed by atoms with E-state index >= 15 is 0 Å². The molecule has 1 aliphatic rings. The van der Waals surface area contributed by atoms with Crippen molar-refractivity contribution in [2.75, 3.05) is 24.0 Å². The second-order valence-electron chi connectivity index (χ2n) is 7.13. The highest BCUT2D eigenvalue weighted by atomic mass is 35.5. The number of halogens is 1. The van der Waals surface area contributed by atoms with Crippen molar-refractivity contribution < 1.29 is 22.7 Å². The minimum atomic E-state index is -3.90. The maximum atomic E-state index is 13.3. The van der Waals surface area contributed by atoms with E-state index in [1.165, 1.54) is 28.6 Å². The Bertz CT molecular complexity index is 979. The van der Waals surface area contributed by atoms with E-state index in [9.17, 15) is 13.2 Å². The lowest BCUT2D eigenvalue weighted by Crippen LogP contribution is -2.50. The van der Waals surface area contributed by atoms with Crippen molar-refractivity contribution >= 4 is 33.2 Å². The number of hydrogen-bond donors (Lipinski definition) is 1. The number of ether oxygens (including phenoxy) is 2. The number of hydrogen-bond acceptors (Lipinski definition) is 5. The topological polar surface area (TPSA) is 84.9 Å². The molecule has 1 atom stereocenters. The molecule has 0 aromatic heterocycles. The van der Waals surface area contributed by atoms with Crippen LogP contribution in [-0.2, 0) is 19.6 Å². The van der Waals surface area contributed by atoms with E-state index in [-0.39, 0.29) is 23.5 Å². The van der Waals surface area contributed by atoms with Crippen LogP contribution in [0.5, 0.6) is 5.75 Å². The number of anilines is 1. The Hall–Kier alpha value is -2.29. The molecule has 0 fully saturated rings. The molecule has 1 aliphatic heterocycles. The van der Waals surface area contributed by atoms with E-state index in [0.29, 0.717) is 36.0 Å². The highest BCUT2D eigenvalue weighted by Gasteiger charge is 2.37. The predicted octanol–water partition coefficient (Wildman–Crippen LogP) is 3.23. The summed E-state index contributed by atoms with van der Waals surface area (Å²) in [6.45, 7) is 4.71. The van der Waals surface area contributed by atoms with Gasteiger partial charge in [0.05, 0.1) is 23.2 Å². The van der Waals surface area contributed by atoms with Crippen LogP contribution < -0.4 is 14.4 Å². The quantitative estimate of drug-likeness (QED) is 0.621. The highest BCUT2D eigenvalue weighted by Crippen LogP contribution is 2.36. The Kier molecular flexibility index (Phi) is 7.23. The van der Waals surface area contributed by atoms with Crippen LogP contribution in [0, 0.1) is 0 Å². The summed E-state index contributed by atoms with van der Waals surface area (Å²) < 4.78 is 39.0. The van der Waals surface area contributed by atoms with Crippen LogP contribution in [-0.4, -0.2) is 46.2 Å². The molecule has 7 nitrogen and oxygen atoms in total. The van der Waals surface area contributed by atoms with Crippen molar-refractivity contribution in [2.45, 2.75) is 37.4 Å². The van der Waals surface area contributed by atoms with Gasteiger partial charge in [0, 0.05) is 18.2 Å². The first-order valence-corrected chi connectivity index (χ1v) is 11.5. The molecular formula is C21H25ClN2O5S. The molecule has 1 N–H and O–H groups in total. The van der Waals surface area contributed by atoms with Gasteiger partial charge in [-0.25, -0.2) is 8.42 Å². The number of fused-ring (bicyclic) bond motifs is 1. The summed E-state index contributed by atoms with van der Waals surface area (Å²) in [7, 11) is -3.90. The summed E-state index contributed by atoms with van der Waals surface area (Å²) in [5.74, 6) is -0.0325. The predicted molar refractivity (Wildman–Crippen MR) is 116 cm³/mol. The molecule has 30 heavy (non-hydrogen) atoms. The van der Waals surface area contributed by atoms with Crippen LogP contribution >= 0.6 is 11.6 Å². The molecule has 0 bridgehead atoms. The first-order valence-electron chi connectivity index (χ1n) is 9.72. The van der Waals surface area contributed by atoms with Crippen molar-refractivity contribution in [1.82, 2.24) is 5.32 Å². The Morgan fingerprint density at radius 3 is 2.63 bits per heavy atom. The number of carbonyl (C=O) groups excluding carboxylic acids is 1. The fraction of sp³-hybridized carbons (Fsp3) is 0.381. The normalized spacial score (nSPS) is 16.1. The van der Waals surface area contributed by atoms with Gasteiger partial charge in [-0.15, -0.1) is 0 Å². The Labute approximate surface area is 182 Å². The van der Waals surface area contributed by atoms with Crippen LogP contribution in [0.25, 0.3) is 0 Å². The van der Waals surface area contributed by atoms with Gasteiger partial charge >= 0.3 is 0 Å². The summed E-state index contributed by atoms with van der Waals surface area (Å²) in [5, 5.41) is 3.23. The summed E-state index contributed by atoms with van der Waals surface area (Å²) in [5.41, 5.74) is 0.391. The molecule has 0 unspecified atom stereocenters. The number of nitrogens with one attached hydrogen (secondary N) is 1. The summed E-state index contributed by atoms with van der Waals surface area (Å²) >= 11 is 5.89. The third-order valence-corrected chi connectivity index (χ3v) is 6.55. The lowest BCUT2D eigenvalue weighted by molar-refractivity contribution is -0.127. The van der Waals surface area contributed by atoms with Crippen molar-refractivity contribution in [2.24, 2.45) is 0 Å². The number of nitrogens with zero attached hydrogens (tertiary/aromatic N) is 1. The molecule has 3 rings (SSSR count). The minimum Gasteiger partial charge on any atom is -0.476 e. The first kappa shape index (κ1) is 22.4. The van der Waals surface area contributed by atoms with Crippen LogP contribution in [0.15, 0.2) is 53.4 Å². The Morgan fingerprint density at radius 1 is 1.23 bits per heavy atom. The Morgan fingerprint density at radius 2 is 1.93 bits per heavy atom. The average Bonchev–Trinajstić information content (AvgIpc) is 2.72. The second kappa shape index (κ2) is 9.68. The second-order valence-corrected chi connectivity index (χ2v) is 9.43. The lowest BCUT2D eigenvalue weighted by Gasteiger charge is -2.34. The molecule has 9 heteroatoms. The minimum absolute atomic E-state index is 0.0913. The van der Waals surface area contributed by atoms with Gasteiger partial charge in [-0.2, -0.15) is 0 Å². The molecule has 2 aromatic carbocycles. The monoisotopic (exact) mass is 452 g/mol.